The molecule has 110 valence electrons. The van der Waals surface area contributed by atoms with E-state index in [9.17, 15) is 10.1 Å². The highest BCUT2D eigenvalue weighted by Gasteiger charge is 2.28. The number of thioether (sulfide) groups is 1. The van der Waals surface area contributed by atoms with Gasteiger partial charge < -0.3 is 10.1 Å². The van der Waals surface area contributed by atoms with Gasteiger partial charge in [-0.15, -0.1) is 0 Å². The van der Waals surface area contributed by atoms with E-state index in [1.807, 2.05) is 11.8 Å². The van der Waals surface area contributed by atoms with Crippen LogP contribution in [0.3, 0.4) is 0 Å². The molecular weight excluding hydrogens is 276 g/mol. The van der Waals surface area contributed by atoms with E-state index in [0.29, 0.717) is 17.1 Å². The normalized spacial score (nSPS) is 21.9. The Morgan fingerprint density at radius 3 is 2.80 bits per heavy atom. The van der Waals surface area contributed by atoms with E-state index in [-0.39, 0.29) is 5.69 Å². The molecule has 0 aromatic heterocycles. The lowest BCUT2D eigenvalue weighted by molar-refractivity contribution is -0.384. The molecule has 1 atom stereocenters. The summed E-state index contributed by atoms with van der Waals surface area (Å²) in [6.07, 6.45) is 2.58. The summed E-state index contributed by atoms with van der Waals surface area (Å²) in [6, 6.07) is 6.18. The monoisotopic (exact) mass is 296 g/mol. The molecule has 2 rings (SSSR count). The van der Waals surface area contributed by atoms with Gasteiger partial charge in [-0.3, -0.25) is 10.1 Å². The minimum Gasteiger partial charge on any atom is -0.492 e. The second kappa shape index (κ2) is 6.95. The van der Waals surface area contributed by atoms with Crippen LogP contribution in [0.5, 0.6) is 5.75 Å². The average Bonchev–Trinajstić information content (AvgIpc) is 2.86. The lowest BCUT2D eigenvalue weighted by Crippen LogP contribution is -2.35. The molecule has 1 fully saturated rings. The van der Waals surface area contributed by atoms with Crippen LogP contribution in [0, 0.1) is 10.1 Å². The van der Waals surface area contributed by atoms with Crippen LogP contribution in [0.1, 0.15) is 19.8 Å². The molecular formula is C14H20N2O3S. The van der Waals surface area contributed by atoms with E-state index in [0.717, 1.165) is 13.1 Å². The Balaban J connectivity index is 1.64. The third-order valence-corrected chi connectivity index (χ3v) is 4.93. The topological polar surface area (TPSA) is 64.4 Å². The zero-order chi connectivity index (χ0) is 14.4. The van der Waals surface area contributed by atoms with Crippen molar-refractivity contribution in [3.05, 3.63) is 34.4 Å². The Morgan fingerprint density at radius 2 is 2.20 bits per heavy atom. The largest absolute Gasteiger partial charge is 0.492 e. The molecule has 1 aliphatic heterocycles. The van der Waals surface area contributed by atoms with Crippen molar-refractivity contribution in [1.82, 2.24) is 5.32 Å². The first-order valence-corrected chi connectivity index (χ1v) is 7.80. The van der Waals surface area contributed by atoms with Crippen molar-refractivity contribution in [1.29, 1.82) is 0 Å². The van der Waals surface area contributed by atoms with Crippen LogP contribution in [0.15, 0.2) is 24.3 Å². The lowest BCUT2D eigenvalue weighted by atomic mass is 10.1. The van der Waals surface area contributed by atoms with Gasteiger partial charge in [0.25, 0.3) is 5.69 Å². The summed E-state index contributed by atoms with van der Waals surface area (Å²) < 4.78 is 5.91. The molecule has 5 nitrogen and oxygen atoms in total. The number of nitro benzene ring substituents is 1. The third-order valence-electron chi connectivity index (χ3n) is 3.39. The number of nitrogens with zero attached hydrogens (tertiary/aromatic N) is 1. The molecule has 0 aliphatic carbocycles. The molecule has 0 spiro atoms. The predicted octanol–water partition coefficient (Wildman–Crippen LogP) is 2.85. The van der Waals surface area contributed by atoms with Crippen LogP contribution in [-0.2, 0) is 0 Å². The maximum atomic E-state index is 10.5. The van der Waals surface area contributed by atoms with Crippen molar-refractivity contribution in [3.8, 4) is 5.75 Å². The Labute approximate surface area is 123 Å². The first kappa shape index (κ1) is 15.1. The molecule has 0 saturated carbocycles. The highest BCUT2D eigenvalue weighted by Crippen LogP contribution is 2.36. The molecule has 1 unspecified atom stereocenters. The molecule has 1 heterocycles. The molecule has 0 amide bonds. The summed E-state index contributed by atoms with van der Waals surface area (Å²) in [6.45, 7) is 4.65. The maximum Gasteiger partial charge on any atom is 0.269 e. The Kier molecular flexibility index (Phi) is 5.25. The molecule has 0 radical (unpaired) electrons. The smallest absolute Gasteiger partial charge is 0.269 e. The summed E-state index contributed by atoms with van der Waals surface area (Å²) in [5.41, 5.74) is 0.0849. The van der Waals surface area contributed by atoms with Gasteiger partial charge in [0.1, 0.15) is 12.4 Å². The van der Waals surface area contributed by atoms with Crippen LogP contribution < -0.4 is 10.1 Å². The van der Waals surface area contributed by atoms with E-state index in [2.05, 4.69) is 12.2 Å². The molecule has 6 heteroatoms. The minimum absolute atomic E-state index is 0.0849. The van der Waals surface area contributed by atoms with Gasteiger partial charge in [-0.1, -0.05) is 0 Å². The Hall–Kier alpha value is -1.27. The van der Waals surface area contributed by atoms with Gasteiger partial charge in [-0.25, -0.2) is 0 Å². The van der Waals surface area contributed by atoms with Crippen LogP contribution in [0.2, 0.25) is 0 Å². The quantitative estimate of drug-likeness (QED) is 0.476. The second-order valence-corrected chi connectivity index (χ2v) is 6.86. The lowest BCUT2D eigenvalue weighted by Gasteiger charge is -2.22. The molecule has 0 bridgehead atoms. The maximum absolute atomic E-state index is 10.5. The molecule has 1 saturated heterocycles. The van der Waals surface area contributed by atoms with Crippen LogP contribution in [0.4, 0.5) is 5.69 Å². The summed E-state index contributed by atoms with van der Waals surface area (Å²) >= 11 is 2.04. The van der Waals surface area contributed by atoms with Gasteiger partial charge in [0, 0.05) is 30.0 Å². The van der Waals surface area contributed by atoms with Crippen molar-refractivity contribution < 1.29 is 9.66 Å². The van der Waals surface area contributed by atoms with Crippen molar-refractivity contribution >= 4 is 17.4 Å². The SMILES string of the molecule is CC1(CNCCOc2ccc([N+](=O)[O-])cc2)CCCS1. The van der Waals surface area contributed by atoms with Gasteiger partial charge in [0.2, 0.25) is 0 Å². The number of rotatable bonds is 7. The molecule has 1 aliphatic rings. The predicted molar refractivity (Wildman–Crippen MR) is 81.6 cm³/mol. The summed E-state index contributed by atoms with van der Waals surface area (Å²) in [5.74, 6) is 1.93. The number of benzene rings is 1. The van der Waals surface area contributed by atoms with Gasteiger partial charge in [0.15, 0.2) is 0 Å². The summed E-state index contributed by atoms with van der Waals surface area (Å²) in [5, 5.41) is 13.9. The summed E-state index contributed by atoms with van der Waals surface area (Å²) in [7, 11) is 0. The van der Waals surface area contributed by atoms with Gasteiger partial charge in [-0.05, 0) is 37.7 Å². The fourth-order valence-electron chi connectivity index (χ4n) is 2.23. The first-order chi connectivity index (χ1) is 9.59. The van der Waals surface area contributed by atoms with Crippen LogP contribution >= 0.6 is 11.8 Å². The fourth-order valence-corrected chi connectivity index (χ4v) is 3.51. The third kappa shape index (κ3) is 4.38. The van der Waals surface area contributed by atoms with E-state index in [1.54, 1.807) is 12.1 Å². The van der Waals surface area contributed by atoms with Crippen molar-refractivity contribution in [2.75, 3.05) is 25.4 Å². The second-order valence-electron chi connectivity index (χ2n) is 5.18. The molecule has 1 aromatic rings. The Morgan fingerprint density at radius 1 is 1.45 bits per heavy atom. The highest BCUT2D eigenvalue weighted by atomic mass is 32.2. The number of ether oxygens (including phenoxy) is 1. The zero-order valence-electron chi connectivity index (χ0n) is 11.6. The fraction of sp³-hybridized carbons (Fsp3) is 0.571. The standard InChI is InChI=1S/C14H20N2O3S/c1-14(7-2-10-20-14)11-15-8-9-19-13-5-3-12(4-6-13)16(17)18/h3-6,15H,2,7-11H2,1H3. The molecule has 20 heavy (non-hydrogen) atoms. The van der Waals surface area contributed by atoms with E-state index >= 15 is 0 Å². The van der Waals surface area contributed by atoms with E-state index < -0.39 is 4.92 Å². The molecule has 1 aromatic carbocycles. The summed E-state index contributed by atoms with van der Waals surface area (Å²) in [4.78, 5) is 10.1. The molecule has 1 N–H and O–H groups in total. The zero-order valence-corrected chi connectivity index (χ0v) is 12.4. The number of hydrogen-bond donors (Lipinski definition) is 1. The van der Waals surface area contributed by atoms with Gasteiger partial charge in [0.05, 0.1) is 4.92 Å². The first-order valence-electron chi connectivity index (χ1n) is 6.81. The van der Waals surface area contributed by atoms with Crippen LogP contribution in [0.25, 0.3) is 0 Å². The van der Waals surface area contributed by atoms with Crippen molar-refractivity contribution in [3.63, 3.8) is 0 Å². The number of nitro groups is 1. The number of non-ortho nitro benzene ring substituents is 1. The van der Waals surface area contributed by atoms with E-state index in [1.165, 1.54) is 30.7 Å². The average molecular weight is 296 g/mol. The van der Waals surface area contributed by atoms with Crippen molar-refractivity contribution in [2.24, 2.45) is 0 Å². The Bertz CT molecular complexity index is 444. The number of nitrogens with one attached hydrogen (secondary N) is 1. The van der Waals surface area contributed by atoms with Gasteiger partial charge in [-0.2, -0.15) is 11.8 Å². The van der Waals surface area contributed by atoms with Crippen molar-refractivity contribution in [2.45, 2.75) is 24.5 Å². The minimum atomic E-state index is -0.411. The highest BCUT2D eigenvalue weighted by molar-refractivity contribution is 8.00. The number of hydrogen-bond acceptors (Lipinski definition) is 5. The van der Waals surface area contributed by atoms with E-state index in [4.69, 9.17) is 4.74 Å². The van der Waals surface area contributed by atoms with Crippen LogP contribution in [-0.4, -0.2) is 35.1 Å². The van der Waals surface area contributed by atoms with Gasteiger partial charge >= 0.3 is 0 Å².